The molecule has 1 aromatic heterocycles. The van der Waals surface area contributed by atoms with Crippen molar-refractivity contribution >= 4 is 16.9 Å². The molecule has 14 heavy (non-hydrogen) atoms. The molecule has 2 rings (SSSR count). The molecular formula is C10H7NO3. The van der Waals surface area contributed by atoms with E-state index in [1.54, 1.807) is 12.1 Å². The van der Waals surface area contributed by atoms with Crippen LogP contribution in [-0.2, 0) is 4.89 Å². The van der Waals surface area contributed by atoms with Crippen LogP contribution in [0.1, 0.15) is 10.5 Å². The minimum Gasteiger partial charge on any atom is -0.294 e. The van der Waals surface area contributed by atoms with Crippen LogP contribution in [0.4, 0.5) is 0 Å². The van der Waals surface area contributed by atoms with Crippen LogP contribution in [0.15, 0.2) is 36.4 Å². The van der Waals surface area contributed by atoms with Gasteiger partial charge in [0.05, 0.1) is 5.52 Å². The number of fused-ring (bicyclic) bond motifs is 1. The number of carbonyl (C=O) groups excluding carboxylic acids is 1. The van der Waals surface area contributed by atoms with Gasteiger partial charge < -0.3 is 0 Å². The van der Waals surface area contributed by atoms with E-state index >= 15 is 0 Å². The largest absolute Gasteiger partial charge is 0.390 e. The van der Waals surface area contributed by atoms with E-state index in [4.69, 9.17) is 5.26 Å². The van der Waals surface area contributed by atoms with Gasteiger partial charge >= 0.3 is 5.97 Å². The van der Waals surface area contributed by atoms with Crippen molar-refractivity contribution in [1.82, 2.24) is 4.98 Å². The number of nitrogens with zero attached hydrogens (tertiary/aromatic N) is 1. The molecule has 4 nitrogen and oxygen atoms in total. The SMILES string of the molecule is O=C(OO)c1ccc2ccccc2n1. The van der Waals surface area contributed by atoms with Crippen LogP contribution in [0, 0.1) is 0 Å². The molecule has 0 radical (unpaired) electrons. The molecule has 0 fully saturated rings. The number of hydrogen-bond donors (Lipinski definition) is 1. The average molecular weight is 189 g/mol. The third kappa shape index (κ3) is 1.43. The summed E-state index contributed by atoms with van der Waals surface area (Å²) in [5.41, 5.74) is 0.779. The second kappa shape index (κ2) is 3.43. The molecular weight excluding hydrogens is 182 g/mol. The van der Waals surface area contributed by atoms with E-state index in [0.717, 1.165) is 5.39 Å². The first-order valence-electron chi connectivity index (χ1n) is 4.03. The van der Waals surface area contributed by atoms with Crippen molar-refractivity contribution in [2.24, 2.45) is 0 Å². The molecule has 0 aliphatic rings. The zero-order valence-electron chi connectivity index (χ0n) is 7.18. The number of aromatic nitrogens is 1. The van der Waals surface area contributed by atoms with Gasteiger partial charge in [0.15, 0.2) is 5.69 Å². The van der Waals surface area contributed by atoms with Gasteiger partial charge in [0.2, 0.25) is 0 Å². The molecule has 1 N–H and O–H groups in total. The van der Waals surface area contributed by atoms with Gasteiger partial charge in [0.1, 0.15) is 0 Å². The molecule has 0 saturated heterocycles. The number of rotatable bonds is 1. The average Bonchev–Trinajstić information content (AvgIpc) is 2.27. The summed E-state index contributed by atoms with van der Waals surface area (Å²) >= 11 is 0. The molecule has 1 heterocycles. The van der Waals surface area contributed by atoms with Crippen LogP contribution in [0.3, 0.4) is 0 Å². The van der Waals surface area contributed by atoms with Gasteiger partial charge in [-0.05, 0) is 12.1 Å². The summed E-state index contributed by atoms with van der Waals surface area (Å²) < 4.78 is 0. The Morgan fingerprint density at radius 2 is 2.00 bits per heavy atom. The first-order valence-corrected chi connectivity index (χ1v) is 4.03. The van der Waals surface area contributed by atoms with E-state index in [0.29, 0.717) is 5.52 Å². The first kappa shape index (κ1) is 8.65. The Balaban J connectivity index is 2.56. The highest BCUT2D eigenvalue weighted by atomic mass is 17.1. The van der Waals surface area contributed by atoms with Crippen molar-refractivity contribution in [2.45, 2.75) is 0 Å². The summed E-state index contributed by atoms with van der Waals surface area (Å²) in [7, 11) is 0. The minimum atomic E-state index is -0.851. The summed E-state index contributed by atoms with van der Waals surface area (Å²) in [6.45, 7) is 0. The number of pyridine rings is 1. The molecule has 0 aliphatic carbocycles. The summed E-state index contributed by atoms with van der Waals surface area (Å²) in [4.78, 5) is 18.5. The quantitative estimate of drug-likeness (QED) is 0.549. The zero-order chi connectivity index (χ0) is 9.97. The Bertz CT molecular complexity index is 482. The lowest BCUT2D eigenvalue weighted by Gasteiger charge is -1.98. The fraction of sp³-hybridized carbons (Fsp3) is 0. The highest BCUT2D eigenvalue weighted by molar-refractivity contribution is 5.90. The van der Waals surface area contributed by atoms with E-state index in [2.05, 4.69) is 9.87 Å². The molecule has 4 heteroatoms. The van der Waals surface area contributed by atoms with Gasteiger partial charge in [-0.2, -0.15) is 5.26 Å². The molecule has 0 unspecified atom stereocenters. The van der Waals surface area contributed by atoms with E-state index in [9.17, 15) is 4.79 Å². The molecule has 0 aliphatic heterocycles. The van der Waals surface area contributed by atoms with Crippen molar-refractivity contribution in [1.29, 1.82) is 0 Å². The Kier molecular flexibility index (Phi) is 2.12. The van der Waals surface area contributed by atoms with Crippen molar-refractivity contribution in [3.63, 3.8) is 0 Å². The Morgan fingerprint density at radius 3 is 2.79 bits per heavy atom. The van der Waals surface area contributed by atoms with Crippen molar-refractivity contribution < 1.29 is 14.9 Å². The van der Waals surface area contributed by atoms with Crippen molar-refractivity contribution in [3.8, 4) is 0 Å². The molecule has 0 atom stereocenters. The van der Waals surface area contributed by atoms with E-state index in [1.807, 2.05) is 18.2 Å². The van der Waals surface area contributed by atoms with E-state index < -0.39 is 5.97 Å². The molecule has 0 bridgehead atoms. The van der Waals surface area contributed by atoms with Gasteiger partial charge in [-0.1, -0.05) is 24.3 Å². The first-order chi connectivity index (χ1) is 6.81. The van der Waals surface area contributed by atoms with Crippen LogP contribution in [0.25, 0.3) is 10.9 Å². The van der Waals surface area contributed by atoms with Crippen molar-refractivity contribution in [3.05, 3.63) is 42.1 Å². The third-order valence-electron chi connectivity index (χ3n) is 1.89. The zero-order valence-corrected chi connectivity index (χ0v) is 7.18. The molecule has 1 aromatic carbocycles. The Morgan fingerprint density at radius 1 is 1.21 bits per heavy atom. The maximum atomic E-state index is 10.9. The maximum Gasteiger partial charge on any atom is 0.390 e. The van der Waals surface area contributed by atoms with Gasteiger partial charge in [0.25, 0.3) is 0 Å². The van der Waals surface area contributed by atoms with Gasteiger partial charge in [-0.3, -0.25) is 4.89 Å². The minimum absolute atomic E-state index is 0.0891. The number of para-hydroxylation sites is 1. The fourth-order valence-corrected chi connectivity index (χ4v) is 1.23. The highest BCUT2D eigenvalue weighted by Gasteiger charge is 2.08. The van der Waals surface area contributed by atoms with E-state index in [1.165, 1.54) is 6.07 Å². The van der Waals surface area contributed by atoms with Gasteiger partial charge in [0, 0.05) is 5.39 Å². The standard InChI is InChI=1S/C10H7NO3/c12-10(14-13)9-6-5-7-3-1-2-4-8(7)11-9/h1-6,13H. The number of hydrogen-bond acceptors (Lipinski definition) is 4. The summed E-state index contributed by atoms with van der Waals surface area (Å²) in [6, 6.07) is 10.6. The summed E-state index contributed by atoms with van der Waals surface area (Å²) in [5.74, 6) is -0.851. The van der Waals surface area contributed by atoms with Gasteiger partial charge in [-0.15, -0.1) is 0 Å². The van der Waals surface area contributed by atoms with Gasteiger partial charge in [-0.25, -0.2) is 9.78 Å². The predicted molar refractivity (Wildman–Crippen MR) is 49.8 cm³/mol. The molecule has 0 amide bonds. The molecule has 0 saturated carbocycles. The lowest BCUT2D eigenvalue weighted by Crippen LogP contribution is -2.04. The fourth-order valence-electron chi connectivity index (χ4n) is 1.23. The summed E-state index contributed by atoms with van der Waals surface area (Å²) in [6.07, 6.45) is 0. The molecule has 2 aromatic rings. The van der Waals surface area contributed by atoms with E-state index in [-0.39, 0.29) is 5.69 Å². The maximum absolute atomic E-state index is 10.9. The van der Waals surface area contributed by atoms with Crippen LogP contribution >= 0.6 is 0 Å². The monoisotopic (exact) mass is 189 g/mol. The van der Waals surface area contributed by atoms with Crippen LogP contribution < -0.4 is 0 Å². The second-order valence-electron chi connectivity index (χ2n) is 2.77. The second-order valence-corrected chi connectivity index (χ2v) is 2.77. The topological polar surface area (TPSA) is 59.4 Å². The predicted octanol–water partition coefficient (Wildman–Crippen LogP) is 1.86. The Labute approximate surface area is 79.7 Å². The lowest BCUT2D eigenvalue weighted by atomic mass is 10.2. The molecule has 0 spiro atoms. The van der Waals surface area contributed by atoms with Crippen LogP contribution in [0.2, 0.25) is 0 Å². The normalized spacial score (nSPS) is 10.1. The molecule has 70 valence electrons. The number of carbonyl (C=O) groups is 1. The number of benzene rings is 1. The third-order valence-corrected chi connectivity index (χ3v) is 1.89. The Hall–Kier alpha value is -1.94. The lowest BCUT2D eigenvalue weighted by molar-refractivity contribution is -0.183. The van der Waals surface area contributed by atoms with Crippen molar-refractivity contribution in [2.75, 3.05) is 0 Å². The van der Waals surface area contributed by atoms with Crippen LogP contribution in [0.5, 0.6) is 0 Å². The highest BCUT2D eigenvalue weighted by Crippen LogP contribution is 2.11. The van der Waals surface area contributed by atoms with Crippen LogP contribution in [-0.4, -0.2) is 16.2 Å². The summed E-state index contributed by atoms with van der Waals surface area (Å²) in [5, 5.41) is 9.10. The smallest absolute Gasteiger partial charge is 0.294 e.